The molecule has 5 aliphatic rings. The Morgan fingerprint density at radius 3 is 2.19 bits per heavy atom. The Labute approximate surface area is 197 Å². The van der Waals surface area contributed by atoms with Crippen molar-refractivity contribution in [1.29, 1.82) is 0 Å². The van der Waals surface area contributed by atoms with Crippen LogP contribution in [-0.4, -0.2) is 22.9 Å². The minimum Gasteiger partial charge on any atom is -0.396 e. The second-order valence-electron chi connectivity index (χ2n) is 14.6. The van der Waals surface area contributed by atoms with Crippen LogP contribution in [0.2, 0.25) is 0 Å². The number of fused-ring (bicyclic) bond motifs is 7. The summed E-state index contributed by atoms with van der Waals surface area (Å²) in [6, 6.07) is 0. The Morgan fingerprint density at radius 2 is 1.53 bits per heavy atom. The van der Waals surface area contributed by atoms with Crippen molar-refractivity contribution in [3.63, 3.8) is 0 Å². The van der Waals surface area contributed by atoms with Crippen molar-refractivity contribution in [1.82, 2.24) is 0 Å². The Balaban J connectivity index is 1.55. The molecule has 2 heteroatoms. The smallest absolute Gasteiger partial charge is 0.0594 e. The molecule has 2 nitrogen and oxygen atoms in total. The third-order valence-electron chi connectivity index (χ3n) is 13.5. The second kappa shape index (κ2) is 7.09. The molecule has 0 heterocycles. The van der Waals surface area contributed by atoms with E-state index < -0.39 is 0 Å². The molecular formula is C30H50O2. The molecule has 0 radical (unpaired) electrons. The first-order valence-corrected chi connectivity index (χ1v) is 13.8. The van der Waals surface area contributed by atoms with E-state index in [2.05, 4.69) is 48.1 Å². The molecule has 182 valence electrons. The third kappa shape index (κ3) is 2.66. The van der Waals surface area contributed by atoms with Gasteiger partial charge in [-0.05, 0) is 128 Å². The Morgan fingerprint density at radius 1 is 0.812 bits per heavy atom. The van der Waals surface area contributed by atoms with E-state index in [9.17, 15) is 10.2 Å². The second-order valence-corrected chi connectivity index (χ2v) is 14.6. The quantitative estimate of drug-likeness (QED) is 0.452. The van der Waals surface area contributed by atoms with Crippen molar-refractivity contribution in [3.8, 4) is 0 Å². The molecule has 0 aromatic carbocycles. The highest BCUT2D eigenvalue weighted by Gasteiger charge is 2.70. The van der Waals surface area contributed by atoms with Crippen LogP contribution in [0, 0.1) is 56.7 Å². The van der Waals surface area contributed by atoms with Crippen LogP contribution >= 0.6 is 0 Å². The molecule has 0 saturated heterocycles. The number of aliphatic hydroxyl groups is 2. The normalized spacial score (nSPS) is 56.5. The fraction of sp³-hybridized carbons (Fsp3) is 0.933. The number of rotatable bonds is 2. The summed E-state index contributed by atoms with van der Waals surface area (Å²) in [4.78, 5) is 0. The topological polar surface area (TPSA) is 40.5 Å². The Bertz CT molecular complexity index is 786. The maximum Gasteiger partial charge on any atom is 0.0594 e. The summed E-state index contributed by atoms with van der Waals surface area (Å²) < 4.78 is 0. The maximum atomic E-state index is 10.9. The largest absolute Gasteiger partial charge is 0.396 e. The van der Waals surface area contributed by atoms with E-state index in [4.69, 9.17) is 0 Å². The minimum absolute atomic E-state index is 0.0290. The van der Waals surface area contributed by atoms with E-state index in [0.29, 0.717) is 40.6 Å². The standard InChI is InChI=1S/C30H50O2/c1-19(2)20-10-15-30(18-31)17-16-28(6)21(25(20)30)8-9-23-27(5)13-12-24(32)26(3,4)22(27)11-14-29(23,28)7/h20-25,31-32H,1,8-18H2,2-7H3/t20?,21?,22?,23-,24+,25?,27+,28-,29-,30-/m1/s1. The van der Waals surface area contributed by atoms with Gasteiger partial charge in [0.1, 0.15) is 0 Å². The van der Waals surface area contributed by atoms with Gasteiger partial charge in [-0.1, -0.05) is 46.8 Å². The summed E-state index contributed by atoms with van der Waals surface area (Å²) in [6.07, 6.45) is 12.2. The van der Waals surface area contributed by atoms with Gasteiger partial charge in [0.05, 0.1) is 6.10 Å². The van der Waals surface area contributed by atoms with Crippen LogP contribution in [0.4, 0.5) is 0 Å². The summed E-state index contributed by atoms with van der Waals surface area (Å²) in [7, 11) is 0. The van der Waals surface area contributed by atoms with Crippen molar-refractivity contribution >= 4 is 0 Å². The molecule has 4 unspecified atom stereocenters. The molecule has 2 N–H and O–H groups in total. The highest BCUT2D eigenvalue weighted by Crippen LogP contribution is 2.77. The van der Waals surface area contributed by atoms with Gasteiger partial charge in [0.15, 0.2) is 0 Å². The molecule has 5 aliphatic carbocycles. The predicted molar refractivity (Wildman–Crippen MR) is 132 cm³/mol. The van der Waals surface area contributed by atoms with Gasteiger partial charge in [-0.3, -0.25) is 0 Å². The van der Waals surface area contributed by atoms with Crippen LogP contribution in [0.25, 0.3) is 0 Å². The van der Waals surface area contributed by atoms with E-state index in [1.165, 1.54) is 63.4 Å². The molecule has 0 bridgehead atoms. The highest BCUT2D eigenvalue weighted by atomic mass is 16.3. The van der Waals surface area contributed by atoms with Gasteiger partial charge in [0.25, 0.3) is 0 Å². The van der Waals surface area contributed by atoms with E-state index in [-0.39, 0.29) is 16.9 Å². The van der Waals surface area contributed by atoms with Gasteiger partial charge < -0.3 is 10.2 Å². The lowest BCUT2D eigenvalue weighted by Gasteiger charge is -2.73. The zero-order valence-electron chi connectivity index (χ0n) is 21.8. The fourth-order valence-corrected chi connectivity index (χ4v) is 11.5. The van der Waals surface area contributed by atoms with Gasteiger partial charge in [0, 0.05) is 6.61 Å². The molecular weight excluding hydrogens is 392 g/mol. The Hall–Kier alpha value is -0.340. The van der Waals surface area contributed by atoms with Gasteiger partial charge in [-0.15, -0.1) is 0 Å². The van der Waals surface area contributed by atoms with Crippen LogP contribution in [0.3, 0.4) is 0 Å². The SMILES string of the molecule is C=C(C)C1CC[C@]2(CO)CC[C@]3(C)C(CC[C@@H]4[C@@]5(C)CC[C@H](O)C(C)(C)C5CC[C@]43C)C12. The molecule has 10 atom stereocenters. The molecule has 0 aliphatic heterocycles. The highest BCUT2D eigenvalue weighted by molar-refractivity contribution is 5.21. The molecule has 5 saturated carbocycles. The van der Waals surface area contributed by atoms with Crippen LogP contribution in [-0.2, 0) is 0 Å². The van der Waals surface area contributed by atoms with Crippen LogP contribution < -0.4 is 0 Å². The van der Waals surface area contributed by atoms with Gasteiger partial charge in [0.2, 0.25) is 0 Å². The first-order valence-electron chi connectivity index (χ1n) is 13.8. The first kappa shape index (κ1) is 23.4. The predicted octanol–water partition coefficient (Wildman–Crippen LogP) is 7.00. The zero-order chi connectivity index (χ0) is 23.3. The van der Waals surface area contributed by atoms with Crippen molar-refractivity contribution in [3.05, 3.63) is 12.2 Å². The third-order valence-corrected chi connectivity index (χ3v) is 13.5. The average Bonchev–Trinajstić information content (AvgIpc) is 3.12. The zero-order valence-corrected chi connectivity index (χ0v) is 21.8. The van der Waals surface area contributed by atoms with Gasteiger partial charge >= 0.3 is 0 Å². The van der Waals surface area contributed by atoms with Crippen molar-refractivity contribution in [2.75, 3.05) is 6.61 Å². The summed E-state index contributed by atoms with van der Waals surface area (Å²) >= 11 is 0. The minimum atomic E-state index is -0.147. The van der Waals surface area contributed by atoms with Gasteiger partial charge in [-0.2, -0.15) is 0 Å². The summed E-state index contributed by atoms with van der Waals surface area (Å²) in [5.74, 6) is 3.33. The lowest BCUT2D eigenvalue weighted by molar-refractivity contribution is -0.249. The lowest BCUT2D eigenvalue weighted by Crippen LogP contribution is -2.66. The van der Waals surface area contributed by atoms with E-state index in [0.717, 1.165) is 18.3 Å². The van der Waals surface area contributed by atoms with Crippen LogP contribution in [0.1, 0.15) is 106 Å². The van der Waals surface area contributed by atoms with Gasteiger partial charge in [-0.25, -0.2) is 0 Å². The first-order chi connectivity index (χ1) is 14.9. The maximum absolute atomic E-state index is 10.9. The van der Waals surface area contributed by atoms with Crippen molar-refractivity contribution in [2.45, 2.75) is 112 Å². The molecule has 5 rings (SSSR count). The fourth-order valence-electron chi connectivity index (χ4n) is 11.5. The average molecular weight is 443 g/mol. The monoisotopic (exact) mass is 442 g/mol. The molecule has 0 aromatic rings. The summed E-state index contributed by atoms with van der Waals surface area (Å²) in [5.41, 5.74) is 2.60. The van der Waals surface area contributed by atoms with E-state index in [1.807, 2.05) is 0 Å². The lowest BCUT2D eigenvalue weighted by atomic mass is 9.32. The number of allylic oxidation sites excluding steroid dienone is 1. The molecule has 0 aromatic heterocycles. The van der Waals surface area contributed by atoms with Crippen molar-refractivity contribution < 1.29 is 10.2 Å². The van der Waals surface area contributed by atoms with Crippen molar-refractivity contribution in [2.24, 2.45) is 56.7 Å². The number of aliphatic hydroxyl groups excluding tert-OH is 2. The number of hydrogen-bond donors (Lipinski definition) is 2. The van der Waals surface area contributed by atoms with Crippen LogP contribution in [0.5, 0.6) is 0 Å². The molecule has 0 spiro atoms. The number of hydrogen-bond acceptors (Lipinski definition) is 2. The van der Waals surface area contributed by atoms with E-state index in [1.54, 1.807) is 0 Å². The molecule has 0 amide bonds. The molecule has 5 fully saturated rings. The molecule has 32 heavy (non-hydrogen) atoms. The summed E-state index contributed by atoms with van der Waals surface area (Å²) in [5, 5.41) is 21.5. The van der Waals surface area contributed by atoms with E-state index >= 15 is 0 Å². The Kier molecular flexibility index (Phi) is 5.19. The summed E-state index contributed by atoms with van der Waals surface area (Å²) in [6.45, 7) is 19.7. The van der Waals surface area contributed by atoms with Crippen LogP contribution in [0.15, 0.2) is 12.2 Å².